The summed E-state index contributed by atoms with van der Waals surface area (Å²) < 4.78 is 39.6. The Labute approximate surface area is 102 Å². The summed E-state index contributed by atoms with van der Waals surface area (Å²) >= 11 is 0. The highest BCUT2D eigenvalue weighted by atomic mass is 35.5. The van der Waals surface area contributed by atoms with Crippen molar-refractivity contribution >= 4 is 12.4 Å². The van der Waals surface area contributed by atoms with Gasteiger partial charge in [-0.25, -0.2) is 0 Å². The van der Waals surface area contributed by atoms with Gasteiger partial charge in [0.25, 0.3) is 0 Å². The van der Waals surface area contributed by atoms with E-state index in [-0.39, 0.29) is 23.8 Å². The lowest BCUT2D eigenvalue weighted by atomic mass is 10.1. The molecule has 0 amide bonds. The van der Waals surface area contributed by atoms with E-state index in [2.05, 4.69) is 10.2 Å². The van der Waals surface area contributed by atoms with E-state index in [1.165, 1.54) is 23.0 Å². The lowest BCUT2D eigenvalue weighted by Gasteiger charge is -2.11. The molecular formula is C10H9ClF3N3. The largest absolute Gasteiger partial charge is 0.417 e. The van der Waals surface area contributed by atoms with Gasteiger partial charge in [0, 0.05) is 12.6 Å². The van der Waals surface area contributed by atoms with E-state index < -0.39 is 11.7 Å². The van der Waals surface area contributed by atoms with Gasteiger partial charge in [-0.1, -0.05) is 18.2 Å². The molecule has 0 spiro atoms. The average molecular weight is 264 g/mol. The smallest absolute Gasteiger partial charge is 0.317 e. The Kier molecular flexibility index (Phi) is 3.77. The van der Waals surface area contributed by atoms with Crippen molar-refractivity contribution in [2.75, 3.05) is 0 Å². The van der Waals surface area contributed by atoms with Crippen molar-refractivity contribution in [3.8, 4) is 11.4 Å². The van der Waals surface area contributed by atoms with Gasteiger partial charge in [0.15, 0.2) is 5.82 Å². The Balaban J connectivity index is 0.00000144. The average Bonchev–Trinajstić information content (AvgIpc) is 2.63. The molecule has 0 aliphatic heterocycles. The van der Waals surface area contributed by atoms with Gasteiger partial charge in [-0.05, 0) is 6.07 Å². The molecule has 1 aromatic carbocycles. The van der Waals surface area contributed by atoms with E-state index in [4.69, 9.17) is 0 Å². The lowest BCUT2D eigenvalue weighted by Crippen LogP contribution is -2.08. The maximum absolute atomic E-state index is 12.7. The fraction of sp³-hybridized carbons (Fsp3) is 0.200. The minimum Gasteiger partial charge on any atom is -0.317 e. The van der Waals surface area contributed by atoms with Crippen LogP contribution in [0, 0.1) is 0 Å². The molecule has 0 saturated carbocycles. The van der Waals surface area contributed by atoms with Crippen molar-refractivity contribution in [1.82, 2.24) is 14.8 Å². The summed E-state index contributed by atoms with van der Waals surface area (Å²) in [4.78, 5) is 0. The second kappa shape index (κ2) is 4.75. The first-order chi connectivity index (χ1) is 7.50. The number of benzene rings is 1. The standard InChI is InChI=1S/C10H8F3N3.ClH/c1-16-6-14-15-9(16)7-4-2-3-5-8(7)10(11,12)13;/h2-6H,1H3;1H. The maximum Gasteiger partial charge on any atom is 0.417 e. The van der Waals surface area contributed by atoms with E-state index in [0.717, 1.165) is 6.07 Å². The number of hydrogen-bond donors (Lipinski definition) is 0. The molecule has 7 heteroatoms. The van der Waals surface area contributed by atoms with Crippen molar-refractivity contribution in [1.29, 1.82) is 0 Å². The van der Waals surface area contributed by atoms with Crippen LogP contribution in [0.15, 0.2) is 30.6 Å². The quantitative estimate of drug-likeness (QED) is 0.792. The Hall–Kier alpha value is -1.56. The van der Waals surface area contributed by atoms with E-state index in [1.54, 1.807) is 13.1 Å². The molecular weight excluding hydrogens is 255 g/mol. The zero-order valence-corrected chi connectivity index (χ0v) is 9.59. The molecule has 3 nitrogen and oxygen atoms in total. The highest BCUT2D eigenvalue weighted by molar-refractivity contribution is 5.85. The number of hydrogen-bond acceptors (Lipinski definition) is 2. The predicted octanol–water partition coefficient (Wildman–Crippen LogP) is 2.92. The van der Waals surface area contributed by atoms with Gasteiger partial charge < -0.3 is 4.57 Å². The highest BCUT2D eigenvalue weighted by Crippen LogP contribution is 2.35. The number of nitrogens with zero attached hydrogens (tertiary/aromatic N) is 3. The molecule has 2 aromatic rings. The van der Waals surface area contributed by atoms with Crippen LogP contribution >= 0.6 is 12.4 Å². The van der Waals surface area contributed by atoms with E-state index in [1.807, 2.05) is 0 Å². The summed E-state index contributed by atoms with van der Waals surface area (Å²) in [5, 5.41) is 7.24. The van der Waals surface area contributed by atoms with E-state index in [9.17, 15) is 13.2 Å². The van der Waals surface area contributed by atoms with Crippen LogP contribution in [-0.4, -0.2) is 14.8 Å². The van der Waals surface area contributed by atoms with Crippen LogP contribution in [0.4, 0.5) is 13.2 Å². The molecule has 17 heavy (non-hydrogen) atoms. The minimum atomic E-state index is -4.39. The first kappa shape index (κ1) is 13.5. The van der Waals surface area contributed by atoms with Gasteiger partial charge in [-0.15, -0.1) is 22.6 Å². The maximum atomic E-state index is 12.7. The third kappa shape index (κ3) is 2.58. The van der Waals surface area contributed by atoms with Crippen LogP contribution < -0.4 is 0 Å². The Bertz CT molecular complexity index is 507. The second-order valence-electron chi connectivity index (χ2n) is 3.31. The normalized spacial score (nSPS) is 11.1. The zero-order chi connectivity index (χ0) is 11.8. The van der Waals surface area contributed by atoms with Gasteiger partial charge >= 0.3 is 6.18 Å². The highest BCUT2D eigenvalue weighted by Gasteiger charge is 2.34. The topological polar surface area (TPSA) is 30.7 Å². The van der Waals surface area contributed by atoms with Crippen LogP contribution in [-0.2, 0) is 13.2 Å². The Morgan fingerprint density at radius 2 is 1.82 bits per heavy atom. The Morgan fingerprint density at radius 3 is 2.35 bits per heavy atom. The SMILES string of the molecule is Cl.Cn1cnnc1-c1ccccc1C(F)(F)F. The zero-order valence-electron chi connectivity index (χ0n) is 8.77. The minimum absolute atomic E-state index is 0. The van der Waals surface area contributed by atoms with Gasteiger partial charge in [0.2, 0.25) is 0 Å². The molecule has 1 aromatic heterocycles. The van der Waals surface area contributed by atoms with Crippen molar-refractivity contribution in [3.63, 3.8) is 0 Å². The van der Waals surface area contributed by atoms with E-state index >= 15 is 0 Å². The molecule has 2 rings (SSSR count). The summed E-state index contributed by atoms with van der Waals surface area (Å²) in [6, 6.07) is 5.30. The van der Waals surface area contributed by atoms with Crippen molar-refractivity contribution in [2.24, 2.45) is 7.05 Å². The summed E-state index contributed by atoms with van der Waals surface area (Å²) in [7, 11) is 1.60. The van der Waals surface area contributed by atoms with Crippen LogP contribution in [0.3, 0.4) is 0 Å². The van der Waals surface area contributed by atoms with Gasteiger partial charge in [0.1, 0.15) is 6.33 Å². The number of rotatable bonds is 1. The molecule has 0 atom stereocenters. The fourth-order valence-electron chi connectivity index (χ4n) is 1.45. The van der Waals surface area contributed by atoms with Crippen LogP contribution in [0.1, 0.15) is 5.56 Å². The van der Waals surface area contributed by atoms with Crippen LogP contribution in [0.5, 0.6) is 0 Å². The monoisotopic (exact) mass is 263 g/mol. The first-order valence-electron chi connectivity index (χ1n) is 4.51. The Morgan fingerprint density at radius 1 is 1.18 bits per heavy atom. The molecule has 0 fully saturated rings. The summed E-state index contributed by atoms with van der Waals surface area (Å²) in [6.45, 7) is 0. The molecule has 0 unspecified atom stereocenters. The number of alkyl halides is 3. The molecule has 92 valence electrons. The summed E-state index contributed by atoms with van der Waals surface area (Å²) in [6.07, 6.45) is -3.02. The second-order valence-corrected chi connectivity index (χ2v) is 3.31. The third-order valence-electron chi connectivity index (χ3n) is 2.18. The summed E-state index contributed by atoms with van der Waals surface area (Å²) in [5.41, 5.74) is -0.666. The third-order valence-corrected chi connectivity index (χ3v) is 2.18. The molecule has 0 aliphatic rings. The molecule has 0 radical (unpaired) electrons. The van der Waals surface area contributed by atoms with Gasteiger partial charge in [0.05, 0.1) is 5.56 Å². The molecule has 1 heterocycles. The first-order valence-corrected chi connectivity index (χ1v) is 4.51. The van der Waals surface area contributed by atoms with E-state index in [0.29, 0.717) is 0 Å². The number of aryl methyl sites for hydroxylation is 1. The number of halogens is 4. The molecule has 0 bridgehead atoms. The van der Waals surface area contributed by atoms with Crippen LogP contribution in [0.2, 0.25) is 0 Å². The van der Waals surface area contributed by atoms with Gasteiger partial charge in [-0.3, -0.25) is 0 Å². The van der Waals surface area contributed by atoms with Crippen LogP contribution in [0.25, 0.3) is 11.4 Å². The fourth-order valence-corrected chi connectivity index (χ4v) is 1.45. The number of aromatic nitrogens is 3. The molecule has 0 saturated heterocycles. The van der Waals surface area contributed by atoms with Crippen molar-refractivity contribution in [2.45, 2.75) is 6.18 Å². The molecule has 0 aliphatic carbocycles. The summed E-state index contributed by atoms with van der Waals surface area (Å²) in [5.74, 6) is 0.202. The molecule has 0 N–H and O–H groups in total. The lowest BCUT2D eigenvalue weighted by molar-refractivity contribution is -0.137. The predicted molar refractivity (Wildman–Crippen MR) is 58.7 cm³/mol. The van der Waals surface area contributed by atoms with Crippen molar-refractivity contribution < 1.29 is 13.2 Å². The van der Waals surface area contributed by atoms with Crippen molar-refractivity contribution in [3.05, 3.63) is 36.2 Å². The van der Waals surface area contributed by atoms with Gasteiger partial charge in [-0.2, -0.15) is 13.2 Å².